The fourth-order valence-electron chi connectivity index (χ4n) is 3.53. The second kappa shape index (κ2) is 5.22. The molecule has 1 N–H and O–H groups in total. The van der Waals surface area contributed by atoms with Crippen LogP contribution in [0.3, 0.4) is 0 Å². The average molecular weight is 242 g/mol. The maximum atomic E-state index is 9.72. The number of aliphatic hydroxyl groups excluding tert-OH is 1. The normalized spacial score (nSPS) is 28.1. The first-order valence-corrected chi connectivity index (χ1v) is 6.63. The van der Waals surface area contributed by atoms with Crippen molar-refractivity contribution in [3.63, 3.8) is 0 Å². The third-order valence-corrected chi connectivity index (χ3v) is 4.49. The number of nitrogens with zero attached hydrogens (tertiary/aromatic N) is 2. The van der Waals surface area contributed by atoms with Crippen LogP contribution in [-0.2, 0) is 4.74 Å². The van der Waals surface area contributed by atoms with E-state index in [0.29, 0.717) is 12.0 Å². The summed E-state index contributed by atoms with van der Waals surface area (Å²) in [5, 5.41) is 9.72. The summed E-state index contributed by atoms with van der Waals surface area (Å²) in [6.45, 7) is 4.05. The van der Waals surface area contributed by atoms with Crippen molar-refractivity contribution in [1.29, 1.82) is 0 Å². The molecule has 0 amide bonds. The summed E-state index contributed by atoms with van der Waals surface area (Å²) in [6.07, 6.45) is 2.47. The van der Waals surface area contributed by atoms with Gasteiger partial charge in [0.15, 0.2) is 0 Å². The van der Waals surface area contributed by atoms with E-state index < -0.39 is 0 Å². The van der Waals surface area contributed by atoms with Crippen LogP contribution in [0.1, 0.15) is 12.8 Å². The second-order valence-corrected chi connectivity index (χ2v) is 6.06. The fourth-order valence-corrected chi connectivity index (χ4v) is 3.53. The molecule has 0 spiro atoms. The van der Waals surface area contributed by atoms with Crippen molar-refractivity contribution in [3.8, 4) is 0 Å². The SMILES string of the molecule is CN1CCC(C(N(C)C)C2(CO)COC2)CC1. The van der Waals surface area contributed by atoms with Crippen LogP contribution in [-0.4, -0.2) is 75.0 Å². The van der Waals surface area contributed by atoms with Crippen LogP contribution in [0.2, 0.25) is 0 Å². The lowest BCUT2D eigenvalue weighted by Crippen LogP contribution is -2.62. The van der Waals surface area contributed by atoms with Gasteiger partial charge in [0, 0.05) is 6.04 Å². The molecule has 2 aliphatic rings. The summed E-state index contributed by atoms with van der Waals surface area (Å²) in [7, 11) is 6.46. The molecule has 0 bridgehead atoms. The second-order valence-electron chi connectivity index (χ2n) is 6.06. The Morgan fingerprint density at radius 3 is 2.29 bits per heavy atom. The van der Waals surface area contributed by atoms with Gasteiger partial charge in [0.2, 0.25) is 0 Å². The quantitative estimate of drug-likeness (QED) is 0.767. The zero-order valence-electron chi connectivity index (χ0n) is 11.4. The Hall–Kier alpha value is -0.160. The largest absolute Gasteiger partial charge is 0.396 e. The molecule has 0 aromatic heterocycles. The van der Waals surface area contributed by atoms with Crippen LogP contribution in [0.5, 0.6) is 0 Å². The number of hydrogen-bond donors (Lipinski definition) is 1. The van der Waals surface area contributed by atoms with Crippen molar-refractivity contribution in [2.24, 2.45) is 11.3 Å². The molecule has 4 nitrogen and oxygen atoms in total. The van der Waals surface area contributed by atoms with Gasteiger partial charge < -0.3 is 19.6 Å². The molecular weight excluding hydrogens is 216 g/mol. The maximum Gasteiger partial charge on any atom is 0.0582 e. The van der Waals surface area contributed by atoms with E-state index in [4.69, 9.17) is 4.74 Å². The van der Waals surface area contributed by atoms with E-state index in [1.54, 1.807) is 0 Å². The molecule has 2 heterocycles. The molecule has 2 saturated heterocycles. The minimum Gasteiger partial charge on any atom is -0.396 e. The van der Waals surface area contributed by atoms with Gasteiger partial charge in [-0.25, -0.2) is 0 Å². The zero-order valence-corrected chi connectivity index (χ0v) is 11.4. The van der Waals surface area contributed by atoms with Gasteiger partial charge in [-0.05, 0) is 53.0 Å². The Bertz CT molecular complexity index is 240. The molecule has 4 heteroatoms. The molecule has 2 aliphatic heterocycles. The first-order valence-electron chi connectivity index (χ1n) is 6.63. The van der Waals surface area contributed by atoms with E-state index >= 15 is 0 Å². The monoisotopic (exact) mass is 242 g/mol. The molecule has 1 atom stereocenters. The molecule has 0 aromatic carbocycles. The first kappa shape index (κ1) is 13.3. The molecule has 0 aliphatic carbocycles. The smallest absolute Gasteiger partial charge is 0.0582 e. The lowest BCUT2D eigenvalue weighted by Gasteiger charge is -2.52. The molecule has 100 valence electrons. The zero-order chi connectivity index (χ0) is 12.5. The Balaban J connectivity index is 2.06. The van der Waals surface area contributed by atoms with Gasteiger partial charge >= 0.3 is 0 Å². The minimum absolute atomic E-state index is 0.00984. The van der Waals surface area contributed by atoms with Gasteiger partial charge in [-0.15, -0.1) is 0 Å². The van der Waals surface area contributed by atoms with Crippen molar-refractivity contribution in [1.82, 2.24) is 9.80 Å². The fraction of sp³-hybridized carbons (Fsp3) is 1.00. The standard InChI is InChI=1S/C13H26N2O2/c1-14(2)12(13(8-16)9-17-10-13)11-4-6-15(3)7-5-11/h11-12,16H,4-10H2,1-3H3. The van der Waals surface area contributed by atoms with Crippen LogP contribution in [0.25, 0.3) is 0 Å². The summed E-state index contributed by atoms with van der Waals surface area (Å²) in [5.74, 6) is 0.692. The van der Waals surface area contributed by atoms with E-state index in [2.05, 4.69) is 30.9 Å². The summed E-state index contributed by atoms with van der Waals surface area (Å²) in [5.41, 5.74) is -0.00984. The Morgan fingerprint density at radius 2 is 1.94 bits per heavy atom. The highest BCUT2D eigenvalue weighted by molar-refractivity contribution is 5.00. The molecule has 17 heavy (non-hydrogen) atoms. The summed E-state index contributed by atoms with van der Waals surface area (Å²) < 4.78 is 5.38. The van der Waals surface area contributed by atoms with Crippen LogP contribution < -0.4 is 0 Å². The van der Waals surface area contributed by atoms with Crippen LogP contribution in [0, 0.1) is 11.3 Å². The number of hydrogen-bond acceptors (Lipinski definition) is 4. The Kier molecular flexibility index (Phi) is 4.08. The van der Waals surface area contributed by atoms with Crippen LogP contribution >= 0.6 is 0 Å². The molecule has 1 unspecified atom stereocenters. The van der Waals surface area contributed by atoms with E-state index in [9.17, 15) is 5.11 Å². The van der Waals surface area contributed by atoms with Crippen molar-refractivity contribution < 1.29 is 9.84 Å². The minimum atomic E-state index is -0.00984. The first-order chi connectivity index (χ1) is 8.09. The van der Waals surface area contributed by atoms with Gasteiger partial charge in [-0.2, -0.15) is 0 Å². The number of piperidine rings is 1. The predicted octanol–water partition coefficient (Wildman–Crippen LogP) is 0.267. The third-order valence-electron chi connectivity index (χ3n) is 4.49. The average Bonchev–Trinajstić information content (AvgIpc) is 2.24. The molecule has 0 aromatic rings. The predicted molar refractivity (Wildman–Crippen MR) is 68.0 cm³/mol. The maximum absolute atomic E-state index is 9.72. The van der Waals surface area contributed by atoms with Crippen molar-refractivity contribution in [2.75, 3.05) is 54.1 Å². The Labute approximate surface area is 105 Å². The molecule has 2 rings (SSSR count). The van der Waals surface area contributed by atoms with Gasteiger partial charge in [0.25, 0.3) is 0 Å². The van der Waals surface area contributed by atoms with Crippen LogP contribution in [0.4, 0.5) is 0 Å². The van der Waals surface area contributed by atoms with Gasteiger partial charge in [-0.1, -0.05) is 0 Å². The van der Waals surface area contributed by atoms with Gasteiger partial charge in [0.1, 0.15) is 0 Å². The molecule has 2 fully saturated rings. The number of aliphatic hydroxyl groups is 1. The summed E-state index contributed by atoms with van der Waals surface area (Å²) in [4.78, 5) is 4.70. The highest BCUT2D eigenvalue weighted by Gasteiger charge is 2.49. The van der Waals surface area contributed by atoms with Crippen molar-refractivity contribution in [2.45, 2.75) is 18.9 Å². The van der Waals surface area contributed by atoms with Gasteiger partial charge in [-0.3, -0.25) is 0 Å². The van der Waals surface area contributed by atoms with E-state index in [1.807, 2.05) is 0 Å². The summed E-state index contributed by atoms with van der Waals surface area (Å²) >= 11 is 0. The van der Waals surface area contributed by atoms with Gasteiger partial charge in [0.05, 0.1) is 25.2 Å². The Morgan fingerprint density at radius 1 is 1.35 bits per heavy atom. The van der Waals surface area contributed by atoms with Crippen LogP contribution in [0.15, 0.2) is 0 Å². The molecular formula is C13H26N2O2. The van der Waals surface area contributed by atoms with E-state index in [0.717, 1.165) is 13.2 Å². The van der Waals surface area contributed by atoms with Crippen molar-refractivity contribution in [3.05, 3.63) is 0 Å². The molecule has 0 radical (unpaired) electrons. The number of rotatable bonds is 4. The highest BCUT2D eigenvalue weighted by atomic mass is 16.5. The lowest BCUT2D eigenvalue weighted by molar-refractivity contribution is -0.183. The lowest BCUT2D eigenvalue weighted by atomic mass is 9.70. The molecule has 0 saturated carbocycles. The van der Waals surface area contributed by atoms with E-state index in [-0.39, 0.29) is 12.0 Å². The van der Waals surface area contributed by atoms with E-state index in [1.165, 1.54) is 25.9 Å². The number of likely N-dealkylation sites (tertiary alicyclic amines) is 1. The number of ether oxygens (including phenoxy) is 1. The third kappa shape index (κ3) is 2.50. The van der Waals surface area contributed by atoms with Crippen molar-refractivity contribution >= 4 is 0 Å². The topological polar surface area (TPSA) is 35.9 Å². The summed E-state index contributed by atoms with van der Waals surface area (Å²) in [6, 6.07) is 0.454. The highest BCUT2D eigenvalue weighted by Crippen LogP contribution is 2.40.